The number of hydrogen-bond donors (Lipinski definition) is 1. The Bertz CT molecular complexity index is 527. The minimum absolute atomic E-state index is 0.335. The predicted molar refractivity (Wildman–Crippen MR) is 71.0 cm³/mol. The van der Waals surface area contributed by atoms with Crippen LogP contribution in [-0.2, 0) is 6.54 Å². The van der Waals surface area contributed by atoms with Crippen LogP contribution in [0.15, 0.2) is 29.1 Å². The highest BCUT2D eigenvalue weighted by Crippen LogP contribution is 2.15. The smallest absolute Gasteiger partial charge is 0.158 e. The van der Waals surface area contributed by atoms with E-state index in [2.05, 4.69) is 38.3 Å². The summed E-state index contributed by atoms with van der Waals surface area (Å²) >= 11 is 3.33. The van der Waals surface area contributed by atoms with E-state index in [0.717, 1.165) is 23.0 Å². The average Bonchev–Trinajstić information content (AvgIpc) is 2.76. The van der Waals surface area contributed by atoms with Crippen molar-refractivity contribution in [2.24, 2.45) is 0 Å². The van der Waals surface area contributed by atoms with Crippen molar-refractivity contribution >= 4 is 15.9 Å². The lowest BCUT2D eigenvalue weighted by Gasteiger charge is -2.09. The van der Waals surface area contributed by atoms with Gasteiger partial charge in [-0.15, -0.1) is 0 Å². The van der Waals surface area contributed by atoms with Crippen molar-refractivity contribution in [1.82, 2.24) is 20.1 Å². The number of halogens is 2. The van der Waals surface area contributed by atoms with Crippen LogP contribution < -0.4 is 5.32 Å². The van der Waals surface area contributed by atoms with Crippen LogP contribution in [0.5, 0.6) is 0 Å². The van der Waals surface area contributed by atoms with Crippen molar-refractivity contribution in [1.29, 1.82) is 0 Å². The van der Waals surface area contributed by atoms with Gasteiger partial charge in [0.25, 0.3) is 0 Å². The Morgan fingerprint density at radius 2 is 2.28 bits per heavy atom. The first-order valence-corrected chi connectivity index (χ1v) is 6.55. The maximum atomic E-state index is 13.2. The Morgan fingerprint density at radius 1 is 1.44 bits per heavy atom. The fourth-order valence-corrected chi connectivity index (χ4v) is 1.91. The van der Waals surface area contributed by atoms with Gasteiger partial charge >= 0.3 is 0 Å². The summed E-state index contributed by atoms with van der Waals surface area (Å²) in [5.41, 5.74) is 0.791. The van der Waals surface area contributed by atoms with Gasteiger partial charge in [0.15, 0.2) is 5.82 Å². The molecule has 0 aliphatic heterocycles. The van der Waals surface area contributed by atoms with Crippen LogP contribution in [0.2, 0.25) is 0 Å². The third-order valence-electron chi connectivity index (χ3n) is 2.42. The van der Waals surface area contributed by atoms with Gasteiger partial charge in [0.05, 0.1) is 16.9 Å². The summed E-state index contributed by atoms with van der Waals surface area (Å²) in [6.07, 6.45) is 5.71. The van der Waals surface area contributed by atoms with Crippen molar-refractivity contribution in [3.05, 3.63) is 40.5 Å². The van der Waals surface area contributed by atoms with Crippen LogP contribution in [0.1, 0.15) is 18.9 Å². The van der Waals surface area contributed by atoms with Crippen LogP contribution in [0.4, 0.5) is 4.39 Å². The minimum Gasteiger partial charge on any atom is -0.313 e. The van der Waals surface area contributed by atoms with Crippen molar-refractivity contribution in [2.75, 3.05) is 6.54 Å². The molecular formula is C12H14BrFN4. The molecule has 0 atom stereocenters. The van der Waals surface area contributed by atoms with Crippen molar-refractivity contribution in [3.8, 4) is 5.82 Å². The van der Waals surface area contributed by atoms with Gasteiger partial charge in [-0.3, -0.25) is 0 Å². The Hall–Kier alpha value is -1.27. The Kier molecular flexibility index (Phi) is 4.43. The van der Waals surface area contributed by atoms with E-state index in [-0.39, 0.29) is 5.82 Å². The summed E-state index contributed by atoms with van der Waals surface area (Å²) in [7, 11) is 0. The van der Waals surface area contributed by atoms with E-state index in [1.54, 1.807) is 17.1 Å². The number of nitrogens with zero attached hydrogens (tertiary/aromatic N) is 3. The summed E-state index contributed by atoms with van der Waals surface area (Å²) in [6, 6.07) is 1.49. The molecule has 0 saturated heterocycles. The lowest BCUT2D eigenvalue weighted by Crippen LogP contribution is -2.16. The summed E-state index contributed by atoms with van der Waals surface area (Å²) in [5, 5.41) is 7.40. The molecule has 4 nitrogen and oxygen atoms in total. The standard InChI is InChI=1S/C12H14BrFN4/c1-2-3-15-5-9-4-11(14)7-16-12(9)18-8-10(13)6-17-18/h4,6-8,15H,2-3,5H2,1H3. The van der Waals surface area contributed by atoms with Crippen LogP contribution in [0, 0.1) is 5.82 Å². The van der Waals surface area contributed by atoms with E-state index in [9.17, 15) is 4.39 Å². The molecule has 2 heterocycles. The highest BCUT2D eigenvalue weighted by molar-refractivity contribution is 9.10. The molecule has 0 spiro atoms. The van der Waals surface area contributed by atoms with Crippen LogP contribution in [0.3, 0.4) is 0 Å². The van der Waals surface area contributed by atoms with E-state index >= 15 is 0 Å². The SMILES string of the molecule is CCCNCc1cc(F)cnc1-n1cc(Br)cn1. The molecule has 0 aromatic carbocycles. The molecule has 2 aromatic heterocycles. The summed E-state index contributed by atoms with van der Waals surface area (Å²) in [6.45, 7) is 3.55. The Balaban J connectivity index is 2.28. The van der Waals surface area contributed by atoms with Crippen molar-refractivity contribution < 1.29 is 4.39 Å². The molecule has 0 amide bonds. The molecule has 0 unspecified atom stereocenters. The summed E-state index contributed by atoms with van der Waals surface area (Å²) < 4.78 is 15.7. The molecule has 1 N–H and O–H groups in total. The Morgan fingerprint density at radius 3 is 2.94 bits per heavy atom. The minimum atomic E-state index is -0.335. The first kappa shape index (κ1) is 13.2. The lowest BCUT2D eigenvalue weighted by molar-refractivity contribution is 0.607. The van der Waals surface area contributed by atoms with Gasteiger partial charge in [-0.25, -0.2) is 14.1 Å². The molecule has 0 fully saturated rings. The predicted octanol–water partition coefficient (Wildman–Crippen LogP) is 2.67. The number of nitrogens with one attached hydrogen (secondary N) is 1. The van der Waals surface area contributed by atoms with E-state index < -0.39 is 0 Å². The fraction of sp³-hybridized carbons (Fsp3) is 0.333. The van der Waals surface area contributed by atoms with Gasteiger partial charge in [0.2, 0.25) is 0 Å². The van der Waals surface area contributed by atoms with Crippen LogP contribution >= 0.6 is 15.9 Å². The van der Waals surface area contributed by atoms with Crippen molar-refractivity contribution in [3.63, 3.8) is 0 Å². The third-order valence-corrected chi connectivity index (χ3v) is 2.83. The summed E-state index contributed by atoms with van der Waals surface area (Å²) in [5.74, 6) is 0.309. The molecule has 18 heavy (non-hydrogen) atoms. The maximum Gasteiger partial charge on any atom is 0.158 e. The number of aromatic nitrogens is 3. The zero-order valence-electron chi connectivity index (χ0n) is 10.0. The molecule has 0 saturated carbocycles. The molecule has 0 aliphatic carbocycles. The first-order valence-electron chi connectivity index (χ1n) is 5.76. The third kappa shape index (κ3) is 3.14. The second-order valence-electron chi connectivity index (χ2n) is 3.92. The highest BCUT2D eigenvalue weighted by Gasteiger charge is 2.09. The molecular weight excluding hydrogens is 299 g/mol. The molecule has 0 bridgehead atoms. The van der Waals surface area contributed by atoms with Gasteiger partial charge in [0.1, 0.15) is 5.82 Å². The monoisotopic (exact) mass is 312 g/mol. The van der Waals surface area contributed by atoms with Gasteiger partial charge in [0, 0.05) is 18.3 Å². The quantitative estimate of drug-likeness (QED) is 0.863. The fourth-order valence-electron chi connectivity index (χ4n) is 1.63. The Labute approximate surface area is 113 Å². The van der Waals surface area contributed by atoms with E-state index in [1.165, 1.54) is 12.3 Å². The van der Waals surface area contributed by atoms with Crippen LogP contribution in [-0.4, -0.2) is 21.3 Å². The largest absolute Gasteiger partial charge is 0.313 e. The van der Waals surface area contributed by atoms with E-state index in [4.69, 9.17) is 0 Å². The molecule has 2 rings (SSSR count). The van der Waals surface area contributed by atoms with Crippen LogP contribution in [0.25, 0.3) is 5.82 Å². The molecule has 0 radical (unpaired) electrons. The van der Waals surface area contributed by atoms with Crippen molar-refractivity contribution in [2.45, 2.75) is 19.9 Å². The van der Waals surface area contributed by atoms with Gasteiger partial charge in [-0.05, 0) is 35.0 Å². The number of pyridine rings is 1. The summed E-state index contributed by atoms with van der Waals surface area (Å²) in [4.78, 5) is 4.11. The zero-order valence-corrected chi connectivity index (χ0v) is 11.6. The molecule has 96 valence electrons. The van der Waals surface area contributed by atoms with Gasteiger partial charge in [-0.2, -0.15) is 5.10 Å². The lowest BCUT2D eigenvalue weighted by atomic mass is 10.2. The average molecular weight is 313 g/mol. The number of hydrogen-bond acceptors (Lipinski definition) is 3. The second kappa shape index (κ2) is 6.06. The topological polar surface area (TPSA) is 42.7 Å². The highest BCUT2D eigenvalue weighted by atomic mass is 79.9. The molecule has 0 aliphatic rings. The molecule has 2 aromatic rings. The first-order chi connectivity index (χ1) is 8.70. The maximum absolute atomic E-state index is 13.2. The van der Waals surface area contributed by atoms with E-state index in [0.29, 0.717) is 12.4 Å². The van der Waals surface area contributed by atoms with Gasteiger partial charge < -0.3 is 5.32 Å². The van der Waals surface area contributed by atoms with E-state index in [1.807, 2.05) is 0 Å². The van der Waals surface area contributed by atoms with Gasteiger partial charge in [-0.1, -0.05) is 6.92 Å². The zero-order chi connectivity index (χ0) is 13.0. The molecule has 6 heteroatoms. The normalized spacial score (nSPS) is 10.8. The number of rotatable bonds is 5. The second-order valence-corrected chi connectivity index (χ2v) is 4.83.